The fourth-order valence-corrected chi connectivity index (χ4v) is 1.77. The summed E-state index contributed by atoms with van der Waals surface area (Å²) in [5.41, 5.74) is 6.80. The third-order valence-electron chi connectivity index (χ3n) is 1.81. The first kappa shape index (κ1) is 9.68. The Bertz CT molecular complexity index is 220. The standard InChI is InChI=1S/C9H16N2S/c1-2-12-7-6-11-5-3-4-9(11)8-10/h3-5H,2,6-8,10H2,1H3. The van der Waals surface area contributed by atoms with E-state index in [1.54, 1.807) is 0 Å². The van der Waals surface area contributed by atoms with Gasteiger partial charge in [-0.1, -0.05) is 6.92 Å². The van der Waals surface area contributed by atoms with Gasteiger partial charge in [-0.25, -0.2) is 0 Å². The molecule has 0 radical (unpaired) electrons. The Hall–Kier alpha value is -0.410. The lowest BCUT2D eigenvalue weighted by molar-refractivity contribution is 0.723. The summed E-state index contributed by atoms with van der Waals surface area (Å²) in [7, 11) is 0. The lowest BCUT2D eigenvalue weighted by atomic mass is 10.4. The molecule has 1 aromatic heterocycles. The number of aromatic nitrogens is 1. The summed E-state index contributed by atoms with van der Waals surface area (Å²) in [6.07, 6.45) is 2.10. The highest BCUT2D eigenvalue weighted by molar-refractivity contribution is 7.99. The van der Waals surface area contributed by atoms with Crippen molar-refractivity contribution in [3.63, 3.8) is 0 Å². The van der Waals surface area contributed by atoms with E-state index in [0.717, 1.165) is 6.54 Å². The van der Waals surface area contributed by atoms with Crippen molar-refractivity contribution in [3.8, 4) is 0 Å². The molecular formula is C9H16N2S. The second kappa shape index (κ2) is 5.27. The minimum Gasteiger partial charge on any atom is -0.349 e. The lowest BCUT2D eigenvalue weighted by Crippen LogP contribution is -2.07. The van der Waals surface area contributed by atoms with E-state index in [2.05, 4.69) is 29.8 Å². The quantitative estimate of drug-likeness (QED) is 0.706. The fourth-order valence-electron chi connectivity index (χ4n) is 1.16. The van der Waals surface area contributed by atoms with Crippen LogP contribution in [0, 0.1) is 0 Å². The molecule has 1 aromatic rings. The molecule has 68 valence electrons. The molecule has 0 bridgehead atoms. The Balaban J connectivity index is 2.39. The van der Waals surface area contributed by atoms with Crippen LogP contribution >= 0.6 is 11.8 Å². The number of nitrogens with two attached hydrogens (primary N) is 1. The molecule has 2 N–H and O–H groups in total. The molecule has 0 amide bonds. The molecule has 0 unspecified atom stereocenters. The van der Waals surface area contributed by atoms with Gasteiger partial charge >= 0.3 is 0 Å². The van der Waals surface area contributed by atoms with E-state index in [1.165, 1.54) is 17.2 Å². The molecular weight excluding hydrogens is 168 g/mol. The molecule has 0 aromatic carbocycles. The van der Waals surface area contributed by atoms with Crippen LogP contribution in [0.5, 0.6) is 0 Å². The Morgan fingerprint density at radius 1 is 1.58 bits per heavy atom. The molecule has 0 saturated carbocycles. The molecule has 0 fully saturated rings. The van der Waals surface area contributed by atoms with Gasteiger partial charge in [-0.15, -0.1) is 0 Å². The minimum absolute atomic E-state index is 0.643. The second-order valence-corrected chi connectivity index (χ2v) is 3.99. The SMILES string of the molecule is CCSCCn1cccc1CN. The van der Waals surface area contributed by atoms with Crippen LogP contribution in [0.2, 0.25) is 0 Å². The first-order valence-corrected chi connectivity index (χ1v) is 5.45. The monoisotopic (exact) mass is 184 g/mol. The van der Waals surface area contributed by atoms with Crippen molar-refractivity contribution in [2.45, 2.75) is 20.0 Å². The predicted octanol–water partition coefficient (Wildman–Crippen LogP) is 1.70. The molecule has 0 aliphatic heterocycles. The Kier molecular flexibility index (Phi) is 4.25. The summed E-state index contributed by atoms with van der Waals surface area (Å²) in [6, 6.07) is 4.13. The van der Waals surface area contributed by atoms with E-state index in [1.807, 2.05) is 11.8 Å². The Morgan fingerprint density at radius 3 is 3.08 bits per heavy atom. The number of aryl methyl sites for hydroxylation is 1. The molecule has 1 rings (SSSR count). The van der Waals surface area contributed by atoms with Crippen LogP contribution in [0.15, 0.2) is 18.3 Å². The van der Waals surface area contributed by atoms with Gasteiger partial charge in [-0.05, 0) is 17.9 Å². The average molecular weight is 184 g/mol. The van der Waals surface area contributed by atoms with Crippen molar-refractivity contribution in [3.05, 3.63) is 24.0 Å². The van der Waals surface area contributed by atoms with Crippen LogP contribution in [0.1, 0.15) is 12.6 Å². The molecule has 1 heterocycles. The van der Waals surface area contributed by atoms with Crippen molar-refractivity contribution in [2.24, 2.45) is 5.73 Å². The van der Waals surface area contributed by atoms with Crippen molar-refractivity contribution >= 4 is 11.8 Å². The summed E-state index contributed by atoms with van der Waals surface area (Å²) in [4.78, 5) is 0. The summed E-state index contributed by atoms with van der Waals surface area (Å²) in [5.74, 6) is 2.37. The number of nitrogens with zero attached hydrogens (tertiary/aromatic N) is 1. The zero-order chi connectivity index (χ0) is 8.81. The third-order valence-corrected chi connectivity index (χ3v) is 2.69. The van der Waals surface area contributed by atoms with E-state index < -0.39 is 0 Å². The highest BCUT2D eigenvalue weighted by atomic mass is 32.2. The molecule has 0 aliphatic carbocycles. The van der Waals surface area contributed by atoms with Crippen molar-refractivity contribution < 1.29 is 0 Å². The fraction of sp³-hybridized carbons (Fsp3) is 0.556. The van der Waals surface area contributed by atoms with Gasteiger partial charge < -0.3 is 10.3 Å². The van der Waals surface area contributed by atoms with Gasteiger partial charge in [0.2, 0.25) is 0 Å². The molecule has 0 spiro atoms. The van der Waals surface area contributed by atoms with E-state index in [9.17, 15) is 0 Å². The third kappa shape index (κ3) is 2.57. The first-order chi connectivity index (χ1) is 5.88. The van der Waals surface area contributed by atoms with Crippen LogP contribution in [-0.4, -0.2) is 16.1 Å². The van der Waals surface area contributed by atoms with Gasteiger partial charge in [0.05, 0.1) is 0 Å². The highest BCUT2D eigenvalue weighted by Crippen LogP contribution is 2.04. The molecule has 2 nitrogen and oxygen atoms in total. The summed E-state index contributed by atoms with van der Waals surface area (Å²) in [5, 5.41) is 0. The number of rotatable bonds is 5. The maximum Gasteiger partial charge on any atom is 0.0334 e. The Labute approximate surface area is 78.1 Å². The normalized spacial score (nSPS) is 10.5. The number of hydrogen-bond acceptors (Lipinski definition) is 2. The van der Waals surface area contributed by atoms with Gasteiger partial charge in [-0.3, -0.25) is 0 Å². The van der Waals surface area contributed by atoms with Crippen LogP contribution in [0.4, 0.5) is 0 Å². The van der Waals surface area contributed by atoms with Crippen LogP contribution in [0.3, 0.4) is 0 Å². The molecule has 0 aliphatic rings. The average Bonchev–Trinajstić information content (AvgIpc) is 2.52. The number of thioether (sulfide) groups is 1. The molecule has 0 saturated heterocycles. The minimum atomic E-state index is 0.643. The van der Waals surface area contributed by atoms with Gasteiger partial charge in [0.15, 0.2) is 0 Å². The van der Waals surface area contributed by atoms with Crippen LogP contribution in [0.25, 0.3) is 0 Å². The molecule has 3 heteroatoms. The second-order valence-electron chi connectivity index (χ2n) is 2.59. The zero-order valence-electron chi connectivity index (χ0n) is 7.49. The van der Waals surface area contributed by atoms with E-state index in [-0.39, 0.29) is 0 Å². The molecule has 0 atom stereocenters. The van der Waals surface area contributed by atoms with Gasteiger partial charge in [0.25, 0.3) is 0 Å². The topological polar surface area (TPSA) is 30.9 Å². The summed E-state index contributed by atoms with van der Waals surface area (Å²) < 4.78 is 2.22. The maximum absolute atomic E-state index is 5.57. The number of hydrogen-bond donors (Lipinski definition) is 1. The van der Waals surface area contributed by atoms with Crippen molar-refractivity contribution in [2.75, 3.05) is 11.5 Å². The summed E-state index contributed by atoms with van der Waals surface area (Å²) in [6.45, 7) is 3.91. The maximum atomic E-state index is 5.57. The van der Waals surface area contributed by atoms with Crippen LogP contribution < -0.4 is 5.73 Å². The van der Waals surface area contributed by atoms with E-state index in [0.29, 0.717) is 6.54 Å². The largest absolute Gasteiger partial charge is 0.349 e. The predicted molar refractivity (Wildman–Crippen MR) is 55.3 cm³/mol. The lowest BCUT2D eigenvalue weighted by Gasteiger charge is -2.06. The zero-order valence-corrected chi connectivity index (χ0v) is 8.31. The smallest absolute Gasteiger partial charge is 0.0334 e. The van der Waals surface area contributed by atoms with Crippen LogP contribution in [-0.2, 0) is 13.1 Å². The van der Waals surface area contributed by atoms with Gasteiger partial charge in [0.1, 0.15) is 0 Å². The Morgan fingerprint density at radius 2 is 2.42 bits per heavy atom. The van der Waals surface area contributed by atoms with Crippen molar-refractivity contribution in [1.82, 2.24) is 4.57 Å². The molecule has 12 heavy (non-hydrogen) atoms. The first-order valence-electron chi connectivity index (χ1n) is 4.30. The van der Waals surface area contributed by atoms with Crippen molar-refractivity contribution in [1.29, 1.82) is 0 Å². The highest BCUT2D eigenvalue weighted by Gasteiger charge is 1.96. The summed E-state index contributed by atoms with van der Waals surface area (Å²) >= 11 is 1.96. The van der Waals surface area contributed by atoms with Gasteiger partial charge in [-0.2, -0.15) is 11.8 Å². The van der Waals surface area contributed by atoms with E-state index in [4.69, 9.17) is 5.73 Å². The van der Waals surface area contributed by atoms with E-state index >= 15 is 0 Å². The van der Waals surface area contributed by atoms with Gasteiger partial charge in [0, 0.05) is 30.7 Å².